The zero-order valence-electron chi connectivity index (χ0n) is 17.1. The van der Waals surface area contributed by atoms with E-state index in [2.05, 4.69) is 26.9 Å². The molecule has 1 N–H and O–H groups in total. The van der Waals surface area contributed by atoms with E-state index >= 15 is 0 Å². The Morgan fingerprint density at radius 3 is 2.11 bits per heavy atom. The maximum absolute atomic E-state index is 12.6. The van der Waals surface area contributed by atoms with Crippen LogP contribution < -0.4 is 5.32 Å². The summed E-state index contributed by atoms with van der Waals surface area (Å²) in [5.74, 6) is 1.12. The fraction of sp³-hybridized carbons (Fsp3) is 0.905. The molecule has 0 aromatic rings. The van der Waals surface area contributed by atoms with Crippen LogP contribution in [0.4, 0.5) is 0 Å². The van der Waals surface area contributed by atoms with Crippen molar-refractivity contribution in [3.8, 4) is 0 Å². The summed E-state index contributed by atoms with van der Waals surface area (Å²) in [5.41, 5.74) is 0. The quantitative estimate of drug-likeness (QED) is 0.764. The first-order valence-corrected chi connectivity index (χ1v) is 11.1. The Morgan fingerprint density at radius 2 is 1.44 bits per heavy atom. The molecule has 1 atom stereocenters. The lowest BCUT2D eigenvalue weighted by Gasteiger charge is -2.37. The van der Waals surface area contributed by atoms with Crippen LogP contribution in [0.15, 0.2) is 0 Å². The average Bonchev–Trinajstić information content (AvgIpc) is 2.69. The fourth-order valence-electron chi connectivity index (χ4n) is 4.76. The molecule has 2 heterocycles. The van der Waals surface area contributed by atoms with Crippen molar-refractivity contribution < 1.29 is 9.59 Å². The Morgan fingerprint density at radius 1 is 0.815 bits per heavy atom. The molecule has 1 saturated carbocycles. The highest BCUT2D eigenvalue weighted by Crippen LogP contribution is 2.22. The average molecular weight is 379 g/mol. The van der Waals surface area contributed by atoms with E-state index in [0.717, 1.165) is 52.1 Å². The summed E-state index contributed by atoms with van der Waals surface area (Å²) in [4.78, 5) is 31.3. The SMILES string of the molecule is CC1CCCCN1C(=O)CN1CCN(CC(=O)NCC2CCCCC2)CC1. The number of nitrogens with one attached hydrogen (secondary N) is 1. The van der Waals surface area contributed by atoms with E-state index in [4.69, 9.17) is 0 Å². The van der Waals surface area contributed by atoms with Gasteiger partial charge < -0.3 is 10.2 Å². The van der Waals surface area contributed by atoms with Gasteiger partial charge in [0.15, 0.2) is 0 Å². The summed E-state index contributed by atoms with van der Waals surface area (Å²) in [7, 11) is 0. The number of piperazine rings is 1. The van der Waals surface area contributed by atoms with Crippen LogP contribution in [-0.4, -0.2) is 84.9 Å². The molecule has 0 radical (unpaired) electrons. The van der Waals surface area contributed by atoms with Gasteiger partial charge in [-0.15, -0.1) is 0 Å². The molecule has 2 aliphatic heterocycles. The molecular formula is C21H38N4O2. The highest BCUT2D eigenvalue weighted by Gasteiger charge is 2.26. The largest absolute Gasteiger partial charge is 0.355 e. The van der Waals surface area contributed by atoms with Gasteiger partial charge in [-0.2, -0.15) is 0 Å². The van der Waals surface area contributed by atoms with Crippen molar-refractivity contribution in [1.82, 2.24) is 20.0 Å². The summed E-state index contributed by atoms with van der Waals surface area (Å²) < 4.78 is 0. The molecule has 27 heavy (non-hydrogen) atoms. The van der Waals surface area contributed by atoms with Crippen LogP contribution in [0.5, 0.6) is 0 Å². The maximum atomic E-state index is 12.6. The van der Waals surface area contributed by atoms with Crippen LogP contribution in [0.25, 0.3) is 0 Å². The standard InChI is InChI=1S/C21H38N4O2/c1-18-7-5-6-10-25(18)21(27)17-24-13-11-23(12-14-24)16-20(26)22-15-19-8-3-2-4-9-19/h18-19H,2-17H2,1H3,(H,22,26). The van der Waals surface area contributed by atoms with E-state index in [1.807, 2.05) is 0 Å². The van der Waals surface area contributed by atoms with Crippen molar-refractivity contribution in [2.75, 3.05) is 52.4 Å². The monoisotopic (exact) mass is 378 g/mol. The van der Waals surface area contributed by atoms with Gasteiger partial charge in [0.1, 0.15) is 0 Å². The third-order valence-electron chi connectivity index (χ3n) is 6.63. The molecule has 0 spiro atoms. The summed E-state index contributed by atoms with van der Waals surface area (Å²) >= 11 is 0. The Bertz CT molecular complexity index is 485. The third kappa shape index (κ3) is 6.46. The number of likely N-dealkylation sites (tertiary alicyclic amines) is 1. The van der Waals surface area contributed by atoms with Gasteiger partial charge in [0.05, 0.1) is 13.1 Å². The molecule has 3 aliphatic rings. The van der Waals surface area contributed by atoms with Crippen LogP contribution in [0, 0.1) is 5.92 Å². The highest BCUT2D eigenvalue weighted by molar-refractivity contribution is 5.79. The molecule has 154 valence electrons. The van der Waals surface area contributed by atoms with Crippen molar-refractivity contribution >= 4 is 11.8 Å². The molecule has 2 amide bonds. The van der Waals surface area contributed by atoms with Gasteiger partial charge in [0.2, 0.25) is 11.8 Å². The number of hydrogen-bond acceptors (Lipinski definition) is 4. The zero-order valence-corrected chi connectivity index (χ0v) is 17.1. The molecule has 6 heteroatoms. The number of carbonyl (C=O) groups is 2. The second kappa shape index (κ2) is 10.4. The second-order valence-corrected chi connectivity index (χ2v) is 8.79. The number of amides is 2. The summed E-state index contributed by atoms with van der Waals surface area (Å²) in [6.07, 6.45) is 10.0. The van der Waals surface area contributed by atoms with Gasteiger partial charge in [0, 0.05) is 45.3 Å². The normalized spacial score (nSPS) is 26.1. The summed E-state index contributed by atoms with van der Waals surface area (Å²) in [6, 6.07) is 0.389. The van der Waals surface area contributed by atoms with Gasteiger partial charge in [-0.25, -0.2) is 0 Å². The molecule has 1 aliphatic carbocycles. The molecule has 3 fully saturated rings. The van der Waals surface area contributed by atoms with Gasteiger partial charge in [-0.1, -0.05) is 19.3 Å². The number of nitrogens with zero attached hydrogens (tertiary/aromatic N) is 3. The van der Waals surface area contributed by atoms with Crippen molar-refractivity contribution in [3.05, 3.63) is 0 Å². The molecule has 3 rings (SSSR count). The fourth-order valence-corrected chi connectivity index (χ4v) is 4.76. The highest BCUT2D eigenvalue weighted by atomic mass is 16.2. The summed E-state index contributed by atoms with van der Waals surface area (Å²) in [5, 5.41) is 3.14. The Labute approximate surface area is 164 Å². The first-order chi connectivity index (χ1) is 13.1. The first kappa shape index (κ1) is 20.6. The smallest absolute Gasteiger partial charge is 0.236 e. The van der Waals surface area contributed by atoms with E-state index in [-0.39, 0.29) is 11.8 Å². The number of piperidine rings is 1. The predicted octanol–water partition coefficient (Wildman–Crippen LogP) is 1.70. The van der Waals surface area contributed by atoms with Gasteiger partial charge in [-0.05, 0) is 44.9 Å². The number of carbonyl (C=O) groups excluding carboxylic acids is 2. The molecule has 0 bridgehead atoms. The van der Waals surface area contributed by atoms with Crippen LogP contribution >= 0.6 is 0 Å². The minimum atomic E-state index is 0.159. The maximum Gasteiger partial charge on any atom is 0.236 e. The minimum absolute atomic E-state index is 0.159. The Hall–Kier alpha value is -1.14. The van der Waals surface area contributed by atoms with Crippen LogP contribution in [-0.2, 0) is 9.59 Å². The van der Waals surface area contributed by atoms with Gasteiger partial charge >= 0.3 is 0 Å². The Balaban J connectivity index is 1.31. The van der Waals surface area contributed by atoms with Crippen LogP contribution in [0.1, 0.15) is 58.3 Å². The second-order valence-electron chi connectivity index (χ2n) is 8.79. The van der Waals surface area contributed by atoms with Crippen molar-refractivity contribution in [2.24, 2.45) is 5.92 Å². The summed E-state index contributed by atoms with van der Waals surface area (Å²) in [6.45, 7) is 8.47. The first-order valence-electron chi connectivity index (χ1n) is 11.1. The van der Waals surface area contributed by atoms with E-state index in [0.29, 0.717) is 25.0 Å². The lowest BCUT2D eigenvalue weighted by Crippen LogP contribution is -2.53. The van der Waals surface area contributed by atoms with E-state index < -0.39 is 0 Å². The van der Waals surface area contributed by atoms with Crippen molar-refractivity contribution in [1.29, 1.82) is 0 Å². The molecule has 0 aromatic carbocycles. The molecule has 2 saturated heterocycles. The Kier molecular flexibility index (Phi) is 7.94. The van der Waals surface area contributed by atoms with Gasteiger partial charge in [0.25, 0.3) is 0 Å². The lowest BCUT2D eigenvalue weighted by atomic mass is 9.89. The zero-order chi connectivity index (χ0) is 19.1. The predicted molar refractivity (Wildman–Crippen MR) is 107 cm³/mol. The third-order valence-corrected chi connectivity index (χ3v) is 6.63. The van der Waals surface area contributed by atoms with Crippen molar-refractivity contribution in [2.45, 2.75) is 64.3 Å². The van der Waals surface area contributed by atoms with Crippen molar-refractivity contribution in [3.63, 3.8) is 0 Å². The number of rotatable bonds is 6. The van der Waals surface area contributed by atoms with Crippen LogP contribution in [0.3, 0.4) is 0 Å². The van der Waals surface area contributed by atoms with E-state index in [9.17, 15) is 9.59 Å². The number of hydrogen-bond donors (Lipinski definition) is 1. The molecular weight excluding hydrogens is 340 g/mol. The topological polar surface area (TPSA) is 55.9 Å². The van der Waals surface area contributed by atoms with Gasteiger partial charge in [-0.3, -0.25) is 19.4 Å². The molecule has 6 nitrogen and oxygen atoms in total. The minimum Gasteiger partial charge on any atom is -0.355 e. The van der Waals surface area contributed by atoms with E-state index in [1.54, 1.807) is 0 Å². The molecule has 0 aromatic heterocycles. The molecule has 1 unspecified atom stereocenters. The lowest BCUT2D eigenvalue weighted by molar-refractivity contribution is -0.136. The van der Waals surface area contributed by atoms with E-state index in [1.165, 1.54) is 38.5 Å². The van der Waals surface area contributed by atoms with Crippen LogP contribution in [0.2, 0.25) is 0 Å².